The maximum absolute atomic E-state index is 3.14. The average Bonchev–Trinajstić information content (AvgIpc) is 2.50. The molecule has 1 heterocycles. The zero-order valence-corrected chi connectivity index (χ0v) is 6.39. The Bertz CT molecular complexity index is 362. The minimum Gasteiger partial charge on any atom is -0.388 e. The number of H-pyrrole nitrogens is 1. The predicted molar refractivity (Wildman–Crippen MR) is 47.8 cm³/mol. The van der Waals surface area contributed by atoms with Gasteiger partial charge in [0.2, 0.25) is 0 Å². The number of aromatic amines is 1. The van der Waals surface area contributed by atoms with Crippen molar-refractivity contribution in [1.29, 1.82) is 0 Å². The maximum Gasteiger partial charge on any atom is 0.0432 e. The summed E-state index contributed by atoms with van der Waals surface area (Å²) in [6, 6.07) is 6.20. The van der Waals surface area contributed by atoms with E-state index in [1.165, 1.54) is 16.5 Å². The second-order valence-corrected chi connectivity index (χ2v) is 2.51. The molecule has 0 bridgehead atoms. The smallest absolute Gasteiger partial charge is 0.0432 e. The van der Waals surface area contributed by atoms with E-state index < -0.39 is 0 Å². The number of hydrogen-bond acceptors (Lipinski definition) is 1. The third kappa shape index (κ3) is 0.871. The Hall–Kier alpha value is -1.44. The van der Waals surface area contributed by atoms with Crippen LogP contribution in [0.15, 0.2) is 30.6 Å². The van der Waals surface area contributed by atoms with Crippen molar-refractivity contribution >= 4 is 16.5 Å². The Labute approximate surface area is 65.2 Å². The van der Waals surface area contributed by atoms with E-state index in [1.54, 1.807) is 0 Å². The van der Waals surface area contributed by atoms with Crippen LogP contribution in [0.25, 0.3) is 10.8 Å². The van der Waals surface area contributed by atoms with Crippen LogP contribution < -0.4 is 5.32 Å². The largest absolute Gasteiger partial charge is 0.388 e. The van der Waals surface area contributed by atoms with Crippen LogP contribution in [-0.2, 0) is 0 Å². The third-order valence-electron chi connectivity index (χ3n) is 1.88. The number of nitrogens with one attached hydrogen (secondary N) is 2. The van der Waals surface area contributed by atoms with Gasteiger partial charge in [0.25, 0.3) is 0 Å². The fraction of sp³-hybridized carbons (Fsp3) is 0.111. The zero-order valence-electron chi connectivity index (χ0n) is 6.39. The van der Waals surface area contributed by atoms with Crippen molar-refractivity contribution in [2.75, 3.05) is 12.4 Å². The van der Waals surface area contributed by atoms with Crippen molar-refractivity contribution in [3.8, 4) is 0 Å². The van der Waals surface area contributed by atoms with Gasteiger partial charge in [-0.3, -0.25) is 0 Å². The van der Waals surface area contributed by atoms with Gasteiger partial charge < -0.3 is 10.3 Å². The van der Waals surface area contributed by atoms with Gasteiger partial charge in [0.1, 0.15) is 0 Å². The summed E-state index contributed by atoms with van der Waals surface area (Å²) in [7, 11) is 1.93. The lowest BCUT2D eigenvalue weighted by molar-refractivity contribution is 1.43. The van der Waals surface area contributed by atoms with E-state index in [1.807, 2.05) is 25.5 Å². The second kappa shape index (κ2) is 2.31. The van der Waals surface area contributed by atoms with Crippen molar-refractivity contribution < 1.29 is 0 Å². The van der Waals surface area contributed by atoms with Crippen molar-refractivity contribution in [3.63, 3.8) is 0 Å². The lowest BCUT2D eigenvalue weighted by atomic mass is 10.2. The molecule has 0 aliphatic heterocycles. The van der Waals surface area contributed by atoms with Crippen molar-refractivity contribution in [1.82, 2.24) is 4.98 Å². The van der Waals surface area contributed by atoms with Gasteiger partial charge >= 0.3 is 0 Å². The molecular weight excluding hydrogens is 136 g/mol. The highest BCUT2D eigenvalue weighted by atomic mass is 14.8. The molecule has 2 aromatic rings. The molecule has 2 heteroatoms. The van der Waals surface area contributed by atoms with Gasteiger partial charge in [-0.15, -0.1) is 0 Å². The van der Waals surface area contributed by atoms with Gasteiger partial charge in [-0.05, 0) is 6.07 Å². The molecule has 2 nitrogen and oxygen atoms in total. The summed E-state index contributed by atoms with van der Waals surface area (Å²) in [4.78, 5) is 3.07. The SMILES string of the molecule is CNc1cccc2c[nH]cc12. The Morgan fingerprint density at radius 1 is 1.27 bits per heavy atom. The fourth-order valence-corrected chi connectivity index (χ4v) is 1.30. The molecule has 1 aromatic heterocycles. The van der Waals surface area contributed by atoms with Crippen LogP contribution in [0.3, 0.4) is 0 Å². The summed E-state index contributed by atoms with van der Waals surface area (Å²) < 4.78 is 0. The first-order valence-electron chi connectivity index (χ1n) is 3.65. The second-order valence-electron chi connectivity index (χ2n) is 2.51. The molecular formula is C9H10N2. The quantitative estimate of drug-likeness (QED) is 0.634. The molecule has 0 saturated heterocycles. The zero-order chi connectivity index (χ0) is 7.68. The van der Waals surface area contributed by atoms with Crippen LogP contribution >= 0.6 is 0 Å². The molecule has 0 saturated carbocycles. The Morgan fingerprint density at radius 3 is 3.00 bits per heavy atom. The molecule has 56 valence electrons. The van der Waals surface area contributed by atoms with Crippen molar-refractivity contribution in [2.45, 2.75) is 0 Å². The normalized spacial score (nSPS) is 10.3. The molecule has 0 fully saturated rings. The molecule has 0 radical (unpaired) electrons. The molecule has 11 heavy (non-hydrogen) atoms. The van der Waals surface area contributed by atoms with Gasteiger partial charge in [-0.1, -0.05) is 12.1 Å². The van der Waals surface area contributed by atoms with Crippen LogP contribution in [-0.4, -0.2) is 12.0 Å². The van der Waals surface area contributed by atoms with E-state index in [-0.39, 0.29) is 0 Å². The van der Waals surface area contributed by atoms with Crippen LogP contribution in [0.1, 0.15) is 0 Å². The third-order valence-corrected chi connectivity index (χ3v) is 1.88. The van der Waals surface area contributed by atoms with Crippen LogP contribution in [0, 0.1) is 0 Å². The minimum absolute atomic E-state index is 1.17. The predicted octanol–water partition coefficient (Wildman–Crippen LogP) is 2.21. The molecule has 0 spiro atoms. The highest BCUT2D eigenvalue weighted by molar-refractivity contribution is 5.93. The molecule has 2 N–H and O–H groups in total. The van der Waals surface area contributed by atoms with E-state index in [0.29, 0.717) is 0 Å². The fourth-order valence-electron chi connectivity index (χ4n) is 1.30. The number of rotatable bonds is 1. The van der Waals surface area contributed by atoms with E-state index in [4.69, 9.17) is 0 Å². The Morgan fingerprint density at radius 2 is 2.18 bits per heavy atom. The number of aromatic nitrogens is 1. The Balaban J connectivity index is 2.79. The number of hydrogen-bond donors (Lipinski definition) is 2. The summed E-state index contributed by atoms with van der Waals surface area (Å²) in [5.41, 5.74) is 1.17. The number of anilines is 1. The first-order valence-corrected chi connectivity index (χ1v) is 3.65. The standard InChI is InChI=1S/C9H10N2/c1-10-9-4-2-3-7-5-11-6-8(7)9/h2-6,10-11H,1H3. The van der Waals surface area contributed by atoms with Crippen molar-refractivity contribution in [3.05, 3.63) is 30.6 Å². The summed E-state index contributed by atoms with van der Waals surface area (Å²) in [6.07, 6.45) is 4.00. The van der Waals surface area contributed by atoms with Gasteiger partial charge in [0.05, 0.1) is 0 Å². The molecule has 0 atom stereocenters. The lowest BCUT2D eigenvalue weighted by Crippen LogP contribution is -1.86. The van der Waals surface area contributed by atoms with Gasteiger partial charge in [0.15, 0.2) is 0 Å². The van der Waals surface area contributed by atoms with Gasteiger partial charge in [0, 0.05) is 35.9 Å². The molecule has 0 amide bonds. The average molecular weight is 146 g/mol. The van der Waals surface area contributed by atoms with Crippen molar-refractivity contribution in [2.24, 2.45) is 0 Å². The van der Waals surface area contributed by atoms with Crippen LogP contribution in [0.2, 0.25) is 0 Å². The van der Waals surface area contributed by atoms with E-state index >= 15 is 0 Å². The highest BCUT2D eigenvalue weighted by Gasteiger charge is 1.96. The maximum atomic E-state index is 3.14. The number of benzene rings is 1. The number of fused-ring (bicyclic) bond motifs is 1. The van der Waals surface area contributed by atoms with Crippen LogP contribution in [0.4, 0.5) is 5.69 Å². The van der Waals surface area contributed by atoms with E-state index in [2.05, 4.69) is 22.4 Å². The lowest BCUT2D eigenvalue weighted by Gasteiger charge is -1.99. The molecule has 0 aliphatic carbocycles. The first kappa shape index (κ1) is 6.28. The first-order chi connectivity index (χ1) is 5.42. The minimum atomic E-state index is 1.17. The summed E-state index contributed by atoms with van der Waals surface area (Å²) in [5.74, 6) is 0. The Kier molecular flexibility index (Phi) is 1.32. The topological polar surface area (TPSA) is 27.8 Å². The molecule has 1 aromatic carbocycles. The highest BCUT2D eigenvalue weighted by Crippen LogP contribution is 2.21. The monoisotopic (exact) mass is 146 g/mol. The van der Waals surface area contributed by atoms with Gasteiger partial charge in [-0.2, -0.15) is 0 Å². The molecule has 2 rings (SSSR count). The summed E-state index contributed by atoms with van der Waals surface area (Å²) in [5, 5.41) is 5.63. The van der Waals surface area contributed by atoms with E-state index in [9.17, 15) is 0 Å². The van der Waals surface area contributed by atoms with Crippen LogP contribution in [0.5, 0.6) is 0 Å². The molecule has 0 aliphatic rings. The van der Waals surface area contributed by atoms with E-state index in [0.717, 1.165) is 0 Å². The molecule has 0 unspecified atom stereocenters. The summed E-state index contributed by atoms with van der Waals surface area (Å²) >= 11 is 0. The van der Waals surface area contributed by atoms with Gasteiger partial charge in [-0.25, -0.2) is 0 Å². The summed E-state index contributed by atoms with van der Waals surface area (Å²) in [6.45, 7) is 0.